The van der Waals surface area contributed by atoms with Crippen LogP contribution in [-0.2, 0) is 11.2 Å². The fourth-order valence-corrected chi connectivity index (χ4v) is 2.25. The van der Waals surface area contributed by atoms with Crippen LogP contribution in [0.3, 0.4) is 0 Å². The van der Waals surface area contributed by atoms with Gasteiger partial charge in [0.1, 0.15) is 0 Å². The number of amides is 1. The Morgan fingerprint density at radius 3 is 2.67 bits per heavy atom. The lowest BCUT2D eigenvalue weighted by molar-refractivity contribution is -0.131. The SMILES string of the molecule is CN(CC(C)(CO)CO)C(=O)Cc1[nH]nc2ccccc12. The molecule has 2 rings (SSSR count). The third kappa shape index (κ3) is 3.40. The van der Waals surface area contributed by atoms with Gasteiger partial charge in [-0.25, -0.2) is 0 Å². The fourth-order valence-electron chi connectivity index (χ4n) is 2.25. The lowest BCUT2D eigenvalue weighted by atomic mass is 9.92. The molecule has 1 aromatic carbocycles. The van der Waals surface area contributed by atoms with Crippen molar-refractivity contribution in [2.75, 3.05) is 26.8 Å². The standard InChI is InChI=1S/C15H21N3O3/c1-15(9-19,10-20)8-18(2)14(21)7-13-11-5-3-4-6-12(11)16-17-13/h3-6,19-20H,7-10H2,1-2H3,(H,16,17). The molecule has 2 aromatic rings. The largest absolute Gasteiger partial charge is 0.396 e. The summed E-state index contributed by atoms with van der Waals surface area (Å²) in [7, 11) is 1.67. The zero-order valence-electron chi connectivity index (χ0n) is 12.3. The molecule has 6 nitrogen and oxygen atoms in total. The average molecular weight is 291 g/mol. The summed E-state index contributed by atoms with van der Waals surface area (Å²) in [5.41, 5.74) is 0.913. The zero-order valence-corrected chi connectivity index (χ0v) is 12.3. The smallest absolute Gasteiger partial charge is 0.228 e. The molecule has 0 aliphatic heterocycles. The van der Waals surface area contributed by atoms with Gasteiger partial charge >= 0.3 is 0 Å². The van der Waals surface area contributed by atoms with E-state index in [1.807, 2.05) is 24.3 Å². The van der Waals surface area contributed by atoms with Gasteiger partial charge in [-0.2, -0.15) is 5.10 Å². The summed E-state index contributed by atoms with van der Waals surface area (Å²) in [6.07, 6.45) is 0.212. The van der Waals surface area contributed by atoms with E-state index in [4.69, 9.17) is 0 Å². The van der Waals surface area contributed by atoms with Crippen LogP contribution in [-0.4, -0.2) is 58.0 Å². The Bertz CT molecular complexity index is 619. The summed E-state index contributed by atoms with van der Waals surface area (Å²) in [5, 5.41) is 26.6. The van der Waals surface area contributed by atoms with Crippen molar-refractivity contribution in [3.63, 3.8) is 0 Å². The number of carbonyl (C=O) groups is 1. The molecule has 0 fully saturated rings. The molecule has 1 heterocycles. The predicted molar refractivity (Wildman–Crippen MR) is 79.7 cm³/mol. The Balaban J connectivity index is 2.07. The molecule has 0 unspecified atom stereocenters. The van der Waals surface area contributed by atoms with E-state index in [1.54, 1.807) is 14.0 Å². The highest BCUT2D eigenvalue weighted by atomic mass is 16.3. The van der Waals surface area contributed by atoms with Crippen molar-refractivity contribution in [1.82, 2.24) is 15.1 Å². The number of hydrogen-bond acceptors (Lipinski definition) is 4. The summed E-state index contributed by atoms with van der Waals surface area (Å²) in [6.45, 7) is 1.69. The first-order chi connectivity index (χ1) is 9.99. The number of benzene rings is 1. The highest BCUT2D eigenvalue weighted by Crippen LogP contribution is 2.18. The first kappa shape index (κ1) is 15.5. The van der Waals surface area contributed by atoms with Crippen LogP contribution >= 0.6 is 0 Å². The van der Waals surface area contributed by atoms with Crippen LogP contribution in [0.5, 0.6) is 0 Å². The number of para-hydroxylation sites is 1. The van der Waals surface area contributed by atoms with Crippen LogP contribution < -0.4 is 0 Å². The van der Waals surface area contributed by atoms with Gasteiger partial charge < -0.3 is 15.1 Å². The average Bonchev–Trinajstić information content (AvgIpc) is 2.90. The molecule has 0 saturated carbocycles. The van der Waals surface area contributed by atoms with E-state index in [2.05, 4.69) is 10.2 Å². The van der Waals surface area contributed by atoms with Gasteiger partial charge in [-0.05, 0) is 6.07 Å². The van der Waals surface area contributed by atoms with E-state index in [-0.39, 0.29) is 25.5 Å². The van der Waals surface area contributed by atoms with E-state index in [0.29, 0.717) is 6.54 Å². The third-order valence-corrected chi connectivity index (χ3v) is 3.68. The van der Waals surface area contributed by atoms with Gasteiger partial charge in [-0.1, -0.05) is 25.1 Å². The molecule has 114 valence electrons. The van der Waals surface area contributed by atoms with Gasteiger partial charge in [0.25, 0.3) is 0 Å². The number of rotatable bonds is 6. The maximum atomic E-state index is 12.3. The van der Waals surface area contributed by atoms with Gasteiger partial charge in [0, 0.05) is 24.4 Å². The predicted octanol–water partition coefficient (Wildman–Crippen LogP) is 0.555. The Hall–Kier alpha value is -1.92. The highest BCUT2D eigenvalue weighted by molar-refractivity contribution is 5.87. The molecular weight excluding hydrogens is 270 g/mol. The second-order valence-corrected chi connectivity index (χ2v) is 5.77. The first-order valence-corrected chi connectivity index (χ1v) is 6.87. The van der Waals surface area contributed by atoms with Gasteiger partial charge in [-0.15, -0.1) is 0 Å². The summed E-state index contributed by atoms with van der Waals surface area (Å²) in [5.74, 6) is -0.0856. The van der Waals surface area contributed by atoms with Crippen molar-refractivity contribution in [3.05, 3.63) is 30.0 Å². The van der Waals surface area contributed by atoms with Crippen molar-refractivity contribution in [2.45, 2.75) is 13.3 Å². The van der Waals surface area contributed by atoms with E-state index in [9.17, 15) is 15.0 Å². The summed E-state index contributed by atoms with van der Waals surface area (Å²) >= 11 is 0. The minimum atomic E-state index is -0.694. The lowest BCUT2D eigenvalue weighted by Gasteiger charge is -2.30. The van der Waals surface area contributed by atoms with Crippen molar-refractivity contribution in [3.8, 4) is 0 Å². The molecule has 0 aliphatic rings. The number of fused-ring (bicyclic) bond motifs is 1. The first-order valence-electron chi connectivity index (χ1n) is 6.87. The molecule has 0 radical (unpaired) electrons. The second-order valence-electron chi connectivity index (χ2n) is 5.77. The molecule has 6 heteroatoms. The molecule has 0 saturated heterocycles. The lowest BCUT2D eigenvalue weighted by Crippen LogP contribution is -2.42. The van der Waals surface area contributed by atoms with E-state index in [0.717, 1.165) is 16.6 Å². The minimum Gasteiger partial charge on any atom is -0.396 e. The molecule has 3 N–H and O–H groups in total. The summed E-state index contributed by atoms with van der Waals surface area (Å²) < 4.78 is 0. The van der Waals surface area contributed by atoms with Crippen molar-refractivity contribution in [2.24, 2.45) is 5.41 Å². The molecule has 21 heavy (non-hydrogen) atoms. The van der Waals surface area contributed by atoms with Crippen LogP contribution in [0.4, 0.5) is 0 Å². The molecule has 0 spiro atoms. The number of aromatic amines is 1. The van der Waals surface area contributed by atoms with Gasteiger partial charge in [0.05, 0.1) is 30.8 Å². The fraction of sp³-hybridized carbons (Fsp3) is 0.467. The van der Waals surface area contributed by atoms with Crippen LogP contribution in [0.25, 0.3) is 10.9 Å². The number of aromatic nitrogens is 2. The van der Waals surface area contributed by atoms with Crippen LogP contribution in [0.1, 0.15) is 12.6 Å². The molecule has 0 aliphatic carbocycles. The number of aliphatic hydroxyl groups is 2. The van der Waals surface area contributed by atoms with Gasteiger partial charge in [0.15, 0.2) is 0 Å². The van der Waals surface area contributed by atoms with Gasteiger partial charge in [-0.3, -0.25) is 9.89 Å². The van der Waals surface area contributed by atoms with Gasteiger partial charge in [0.2, 0.25) is 5.91 Å². The van der Waals surface area contributed by atoms with Crippen molar-refractivity contribution in [1.29, 1.82) is 0 Å². The third-order valence-electron chi connectivity index (χ3n) is 3.68. The summed E-state index contributed by atoms with van der Waals surface area (Å²) in [6, 6.07) is 7.62. The Morgan fingerprint density at radius 2 is 2.00 bits per heavy atom. The number of likely N-dealkylation sites (N-methyl/N-ethyl adjacent to an activating group) is 1. The zero-order chi connectivity index (χ0) is 15.5. The molecule has 0 atom stereocenters. The minimum absolute atomic E-state index is 0.0856. The van der Waals surface area contributed by atoms with Crippen LogP contribution in [0.2, 0.25) is 0 Å². The molecular formula is C15H21N3O3. The van der Waals surface area contributed by atoms with E-state index < -0.39 is 5.41 Å². The highest BCUT2D eigenvalue weighted by Gasteiger charge is 2.26. The number of carbonyl (C=O) groups excluding carboxylic acids is 1. The Morgan fingerprint density at radius 1 is 1.33 bits per heavy atom. The maximum Gasteiger partial charge on any atom is 0.228 e. The van der Waals surface area contributed by atoms with Crippen molar-refractivity contribution < 1.29 is 15.0 Å². The second kappa shape index (κ2) is 6.24. The maximum absolute atomic E-state index is 12.3. The number of nitrogens with zero attached hydrogens (tertiary/aromatic N) is 2. The Kier molecular flexibility index (Phi) is 4.59. The number of aliphatic hydroxyl groups excluding tert-OH is 2. The molecule has 0 bridgehead atoms. The topological polar surface area (TPSA) is 89.5 Å². The van der Waals surface area contributed by atoms with Crippen LogP contribution in [0.15, 0.2) is 24.3 Å². The van der Waals surface area contributed by atoms with E-state index >= 15 is 0 Å². The monoisotopic (exact) mass is 291 g/mol. The Labute approximate surface area is 123 Å². The molecule has 1 aromatic heterocycles. The van der Waals surface area contributed by atoms with Crippen molar-refractivity contribution >= 4 is 16.8 Å². The van der Waals surface area contributed by atoms with E-state index in [1.165, 1.54) is 4.90 Å². The molecule has 1 amide bonds. The summed E-state index contributed by atoms with van der Waals surface area (Å²) in [4.78, 5) is 13.8. The van der Waals surface area contributed by atoms with Crippen LogP contribution in [0, 0.1) is 5.41 Å². The normalized spacial score (nSPS) is 11.8. The number of hydrogen-bond donors (Lipinski definition) is 3. The number of nitrogens with one attached hydrogen (secondary N) is 1. The quantitative estimate of drug-likeness (QED) is 0.725. The number of H-pyrrole nitrogens is 1.